The monoisotopic (exact) mass is 524 g/mol. The number of hydrogen-bond donors (Lipinski definition) is 7. The van der Waals surface area contributed by atoms with Gasteiger partial charge in [0.2, 0.25) is 5.91 Å². The van der Waals surface area contributed by atoms with E-state index in [4.69, 9.17) is 17.3 Å². The van der Waals surface area contributed by atoms with Gasteiger partial charge >= 0.3 is 0 Å². The molecule has 8 atom stereocenters. The van der Waals surface area contributed by atoms with Crippen molar-refractivity contribution in [1.29, 1.82) is 0 Å². The van der Waals surface area contributed by atoms with Crippen LogP contribution in [-0.2, 0) is 4.79 Å². The number of piperidine rings is 1. The van der Waals surface area contributed by atoms with Gasteiger partial charge in [-0.2, -0.15) is 0 Å². The van der Waals surface area contributed by atoms with Gasteiger partial charge in [-0.05, 0) is 95.7 Å². The second kappa shape index (κ2) is 12.6. The number of nitrogens with two attached hydrogens (primary N) is 1. The summed E-state index contributed by atoms with van der Waals surface area (Å²) in [5.74, 6) is 1.19. The lowest BCUT2D eigenvalue weighted by Gasteiger charge is -2.43. The van der Waals surface area contributed by atoms with Gasteiger partial charge in [0.1, 0.15) is 6.29 Å². The van der Waals surface area contributed by atoms with Crippen molar-refractivity contribution in [2.45, 2.75) is 113 Å². The number of carbonyl (C=O) groups excluding carboxylic acids is 1. The van der Waals surface area contributed by atoms with E-state index in [1.807, 2.05) is 0 Å². The van der Waals surface area contributed by atoms with Gasteiger partial charge in [0.15, 0.2) is 0 Å². The number of halogens is 1. The molecule has 0 radical (unpaired) electrons. The van der Waals surface area contributed by atoms with Crippen molar-refractivity contribution in [3.8, 4) is 0 Å². The van der Waals surface area contributed by atoms with E-state index < -0.39 is 0 Å². The van der Waals surface area contributed by atoms with E-state index in [1.165, 1.54) is 19.3 Å². The van der Waals surface area contributed by atoms with Gasteiger partial charge in [-0.15, -0.1) is 11.6 Å². The van der Waals surface area contributed by atoms with Crippen LogP contribution in [0.25, 0.3) is 0 Å². The first-order valence-corrected chi connectivity index (χ1v) is 15.1. The molecule has 3 saturated heterocycles. The lowest BCUT2D eigenvalue weighted by molar-refractivity contribution is -0.126. The van der Waals surface area contributed by atoms with Crippen molar-refractivity contribution >= 4 is 17.5 Å². The minimum atomic E-state index is -0.278. The predicted molar refractivity (Wildman–Crippen MR) is 144 cm³/mol. The maximum absolute atomic E-state index is 13.3. The highest BCUT2D eigenvalue weighted by atomic mass is 35.5. The Labute approximate surface area is 222 Å². The largest absolute Gasteiger partial charge is 0.353 e. The third-order valence-corrected chi connectivity index (χ3v) is 10.0. The molecule has 8 N–H and O–H groups in total. The Bertz CT molecular complexity index is 716. The normalized spacial score (nSPS) is 44.9. The third kappa shape index (κ3) is 6.54. The van der Waals surface area contributed by atoms with Gasteiger partial charge in [0, 0.05) is 36.1 Å². The summed E-state index contributed by atoms with van der Waals surface area (Å²) in [6.07, 6.45) is 10.9. The number of hydrazine groups is 1. The van der Waals surface area contributed by atoms with Crippen molar-refractivity contribution in [2.75, 3.05) is 26.2 Å². The third-order valence-electron chi connectivity index (χ3n) is 9.60. The minimum absolute atomic E-state index is 0.0978. The number of alkyl halides is 1. The van der Waals surface area contributed by atoms with Gasteiger partial charge in [-0.1, -0.05) is 6.92 Å². The molecule has 0 bridgehead atoms. The Morgan fingerprint density at radius 3 is 2.64 bits per heavy atom. The standard InChI is InChI=1S/C26H49ClN8O/c1-16-4-7-19(13-23(16)34-26-30-12-10-22(33-26)17-3-2-11-29-14-17)32-25(36)21-15-31-35(24(21)28)20-8-5-18(27)6-9-20/h16-24,26,29-31,33-34H,2-15,28H2,1H3,(H,32,36). The average molecular weight is 525 g/mol. The summed E-state index contributed by atoms with van der Waals surface area (Å²) >= 11 is 6.29. The highest BCUT2D eigenvalue weighted by molar-refractivity contribution is 6.20. The maximum Gasteiger partial charge on any atom is 0.227 e. The lowest BCUT2D eigenvalue weighted by atomic mass is 9.82. The van der Waals surface area contributed by atoms with E-state index in [1.54, 1.807) is 0 Å². The first-order valence-electron chi connectivity index (χ1n) is 14.7. The summed E-state index contributed by atoms with van der Waals surface area (Å²) in [4.78, 5) is 13.3. The van der Waals surface area contributed by atoms with Crippen LogP contribution in [0, 0.1) is 17.8 Å². The first kappa shape index (κ1) is 27.1. The maximum atomic E-state index is 13.3. The van der Waals surface area contributed by atoms with Crippen LogP contribution >= 0.6 is 11.6 Å². The predicted octanol–water partition coefficient (Wildman–Crippen LogP) is 0.755. The van der Waals surface area contributed by atoms with Crippen molar-refractivity contribution < 1.29 is 4.79 Å². The molecule has 2 saturated carbocycles. The number of amides is 1. The van der Waals surface area contributed by atoms with Crippen LogP contribution in [0.4, 0.5) is 0 Å². The Hall–Kier alpha value is -0.520. The van der Waals surface area contributed by atoms with Crippen LogP contribution in [0.1, 0.15) is 71.1 Å². The van der Waals surface area contributed by atoms with Crippen molar-refractivity contribution in [2.24, 2.45) is 23.5 Å². The molecular weight excluding hydrogens is 476 g/mol. The van der Waals surface area contributed by atoms with E-state index in [0.29, 0.717) is 30.6 Å². The van der Waals surface area contributed by atoms with Gasteiger partial charge in [0.05, 0.1) is 12.1 Å². The molecule has 2 aliphatic carbocycles. The van der Waals surface area contributed by atoms with Crippen LogP contribution in [0.5, 0.6) is 0 Å². The second-order valence-corrected chi connectivity index (χ2v) is 12.7. The van der Waals surface area contributed by atoms with Crippen LogP contribution in [-0.4, -0.2) is 79.1 Å². The summed E-state index contributed by atoms with van der Waals surface area (Å²) in [6, 6.07) is 1.50. The lowest BCUT2D eigenvalue weighted by Crippen LogP contribution is -2.66. The highest BCUT2D eigenvalue weighted by Crippen LogP contribution is 2.30. The minimum Gasteiger partial charge on any atom is -0.353 e. The topological polar surface area (TPSA) is 119 Å². The number of rotatable bonds is 6. The fraction of sp³-hybridized carbons (Fsp3) is 0.962. The van der Waals surface area contributed by atoms with Crippen LogP contribution in [0.2, 0.25) is 0 Å². The van der Waals surface area contributed by atoms with Crippen molar-refractivity contribution in [3.05, 3.63) is 0 Å². The molecular formula is C26H49ClN8O. The molecule has 3 aliphatic heterocycles. The van der Waals surface area contributed by atoms with Gasteiger partial charge < -0.3 is 16.4 Å². The summed E-state index contributed by atoms with van der Waals surface area (Å²) in [5, 5.41) is 20.7. The Balaban J connectivity index is 1.10. The smallest absolute Gasteiger partial charge is 0.227 e. The SMILES string of the molecule is CC1CCC(NC(=O)C2CNN(C3CCC(Cl)CC3)C2N)CC1NC1NCCC(C2CCCNC2)N1. The Morgan fingerprint density at radius 1 is 1.03 bits per heavy atom. The van der Waals surface area contributed by atoms with Crippen LogP contribution < -0.4 is 37.7 Å². The molecule has 10 heteroatoms. The van der Waals surface area contributed by atoms with Gasteiger partial charge in [-0.25, -0.2) is 5.01 Å². The van der Waals surface area contributed by atoms with Crippen molar-refractivity contribution in [3.63, 3.8) is 0 Å². The molecule has 0 aromatic heterocycles. The molecule has 0 spiro atoms. The number of nitrogens with zero attached hydrogens (tertiary/aromatic N) is 1. The molecule has 9 nitrogen and oxygen atoms in total. The molecule has 5 fully saturated rings. The fourth-order valence-electron chi connectivity index (χ4n) is 7.21. The van der Waals surface area contributed by atoms with E-state index in [-0.39, 0.29) is 35.7 Å². The van der Waals surface area contributed by atoms with Gasteiger partial charge in [-0.3, -0.25) is 26.2 Å². The van der Waals surface area contributed by atoms with E-state index in [0.717, 1.165) is 70.5 Å². The highest BCUT2D eigenvalue weighted by Gasteiger charge is 2.41. The molecule has 5 aliphatic rings. The quantitative estimate of drug-likeness (QED) is 0.254. The molecule has 8 unspecified atom stereocenters. The number of hydrogen-bond acceptors (Lipinski definition) is 8. The molecule has 3 heterocycles. The average Bonchev–Trinajstić information content (AvgIpc) is 3.28. The first-order chi connectivity index (χ1) is 17.5. The summed E-state index contributed by atoms with van der Waals surface area (Å²) in [6.45, 7) is 6.28. The molecule has 5 rings (SSSR count). The van der Waals surface area contributed by atoms with Gasteiger partial charge in [0.25, 0.3) is 0 Å². The number of carbonyl (C=O) groups is 1. The zero-order valence-corrected chi connectivity index (χ0v) is 22.7. The fourth-order valence-corrected chi connectivity index (χ4v) is 7.46. The summed E-state index contributed by atoms with van der Waals surface area (Å²) in [5.41, 5.74) is 10.0. The Morgan fingerprint density at radius 2 is 1.86 bits per heavy atom. The molecule has 0 aromatic carbocycles. The summed E-state index contributed by atoms with van der Waals surface area (Å²) in [7, 11) is 0. The van der Waals surface area contributed by atoms with E-state index >= 15 is 0 Å². The second-order valence-electron chi connectivity index (χ2n) is 12.1. The van der Waals surface area contributed by atoms with Crippen molar-refractivity contribution in [1.82, 2.24) is 37.0 Å². The molecule has 1 amide bonds. The number of nitrogens with one attached hydrogen (secondary N) is 6. The molecule has 36 heavy (non-hydrogen) atoms. The molecule has 206 valence electrons. The Kier molecular flexibility index (Phi) is 9.44. The van der Waals surface area contributed by atoms with E-state index in [2.05, 4.69) is 43.9 Å². The summed E-state index contributed by atoms with van der Waals surface area (Å²) < 4.78 is 0. The van der Waals surface area contributed by atoms with E-state index in [9.17, 15) is 4.79 Å². The van der Waals surface area contributed by atoms with Crippen LogP contribution in [0.3, 0.4) is 0 Å². The molecule has 0 aromatic rings. The zero-order valence-electron chi connectivity index (χ0n) is 22.0. The van der Waals surface area contributed by atoms with Crippen LogP contribution in [0.15, 0.2) is 0 Å². The zero-order chi connectivity index (χ0) is 25.1.